The number of nitrogens with zero attached hydrogens (tertiary/aromatic N) is 2. The van der Waals surface area contributed by atoms with Crippen LogP contribution in [-0.2, 0) is 0 Å². The van der Waals surface area contributed by atoms with E-state index in [4.69, 9.17) is 4.52 Å². The van der Waals surface area contributed by atoms with Crippen LogP contribution in [0.15, 0.2) is 4.52 Å². The Morgan fingerprint density at radius 1 is 1.29 bits per heavy atom. The van der Waals surface area contributed by atoms with Gasteiger partial charge in [0.1, 0.15) is 0 Å². The topological polar surface area (TPSA) is 71.2 Å². The Morgan fingerprint density at radius 2 is 2.14 bits per heavy atom. The largest absolute Gasteiger partial charge is 0.391 e. The van der Waals surface area contributed by atoms with E-state index in [1.807, 2.05) is 0 Å². The molecule has 2 fully saturated rings. The molecule has 2 aliphatic rings. The summed E-state index contributed by atoms with van der Waals surface area (Å²) in [4.78, 5) is 4.23. The van der Waals surface area contributed by atoms with Crippen LogP contribution in [0.2, 0.25) is 0 Å². The molecule has 3 rings (SSSR count). The summed E-state index contributed by atoms with van der Waals surface area (Å²) in [6.07, 6.45) is 3.92. The molecule has 2 aliphatic carbocycles. The number of aliphatic hydroxyl groups is 1. The maximum atomic E-state index is 9.34. The first-order valence-electron chi connectivity index (χ1n) is 5.11. The van der Waals surface area contributed by atoms with E-state index in [0.717, 1.165) is 18.7 Å². The van der Waals surface area contributed by atoms with Gasteiger partial charge < -0.3 is 14.9 Å². The molecule has 2 saturated carbocycles. The number of hydrogen-bond donors (Lipinski definition) is 2. The molecule has 14 heavy (non-hydrogen) atoms. The van der Waals surface area contributed by atoms with Crippen LogP contribution in [0.25, 0.3) is 0 Å². The molecule has 0 unspecified atom stereocenters. The molecule has 0 saturated heterocycles. The van der Waals surface area contributed by atoms with E-state index in [1.54, 1.807) is 0 Å². The Balaban J connectivity index is 1.64. The Morgan fingerprint density at radius 3 is 2.71 bits per heavy atom. The van der Waals surface area contributed by atoms with E-state index < -0.39 is 0 Å². The minimum atomic E-state index is -0.258. The second kappa shape index (κ2) is 2.95. The molecule has 1 aromatic heterocycles. The van der Waals surface area contributed by atoms with Gasteiger partial charge in [-0.1, -0.05) is 5.16 Å². The summed E-state index contributed by atoms with van der Waals surface area (Å²) in [5.74, 6) is 1.32. The Kier molecular flexibility index (Phi) is 1.73. The number of aliphatic hydroxyl groups excluding tert-OH is 1. The Bertz CT molecular complexity index is 335. The van der Waals surface area contributed by atoms with E-state index in [9.17, 15) is 5.11 Å². The van der Waals surface area contributed by atoms with E-state index in [-0.39, 0.29) is 12.1 Å². The van der Waals surface area contributed by atoms with Gasteiger partial charge in [0.15, 0.2) is 5.82 Å². The third kappa shape index (κ3) is 1.37. The van der Waals surface area contributed by atoms with Gasteiger partial charge in [0.2, 0.25) is 0 Å². The van der Waals surface area contributed by atoms with Gasteiger partial charge >= 0.3 is 6.01 Å². The Labute approximate surface area is 81.5 Å². The van der Waals surface area contributed by atoms with Crippen molar-refractivity contribution in [1.29, 1.82) is 0 Å². The van der Waals surface area contributed by atoms with E-state index in [0.29, 0.717) is 11.9 Å². The summed E-state index contributed by atoms with van der Waals surface area (Å²) >= 11 is 0. The average Bonchev–Trinajstić information content (AvgIpc) is 2.93. The van der Waals surface area contributed by atoms with Crippen molar-refractivity contribution in [1.82, 2.24) is 10.1 Å². The van der Waals surface area contributed by atoms with Crippen molar-refractivity contribution >= 4 is 6.01 Å². The highest BCUT2D eigenvalue weighted by atomic mass is 16.5. The summed E-state index contributed by atoms with van der Waals surface area (Å²) in [7, 11) is 0. The maximum absolute atomic E-state index is 9.34. The highest BCUT2D eigenvalue weighted by Gasteiger charge is 2.32. The molecule has 0 aromatic carbocycles. The lowest BCUT2D eigenvalue weighted by Gasteiger charge is -2.31. The summed E-state index contributed by atoms with van der Waals surface area (Å²) in [6, 6.07) is 0.554. The van der Waals surface area contributed by atoms with Crippen LogP contribution in [0.5, 0.6) is 0 Å². The van der Waals surface area contributed by atoms with Crippen molar-refractivity contribution in [3.05, 3.63) is 5.82 Å². The second-order valence-corrected chi connectivity index (χ2v) is 4.13. The molecular weight excluding hydrogens is 182 g/mol. The molecule has 2 atom stereocenters. The quantitative estimate of drug-likeness (QED) is 0.749. The third-order valence-corrected chi connectivity index (χ3v) is 2.93. The van der Waals surface area contributed by atoms with Crippen LogP contribution in [-0.4, -0.2) is 27.4 Å². The molecule has 0 spiro atoms. The highest BCUT2D eigenvalue weighted by molar-refractivity contribution is 5.24. The van der Waals surface area contributed by atoms with Gasteiger partial charge in [-0.25, -0.2) is 0 Å². The molecular formula is C9H13N3O2. The van der Waals surface area contributed by atoms with Gasteiger partial charge in [0.05, 0.1) is 12.1 Å². The normalized spacial score (nSPS) is 31.2. The van der Waals surface area contributed by atoms with Crippen LogP contribution in [0.4, 0.5) is 6.01 Å². The minimum absolute atomic E-state index is 0.0995. The predicted molar refractivity (Wildman–Crippen MR) is 48.9 cm³/mol. The smallest absolute Gasteiger partial charge is 0.321 e. The zero-order valence-electron chi connectivity index (χ0n) is 7.81. The van der Waals surface area contributed by atoms with Crippen molar-refractivity contribution in [2.75, 3.05) is 5.32 Å². The molecule has 0 bridgehead atoms. The Hall–Kier alpha value is -1.10. The molecule has 0 aliphatic heterocycles. The first-order chi connectivity index (χ1) is 6.83. The number of hydrogen-bond acceptors (Lipinski definition) is 5. The second-order valence-electron chi connectivity index (χ2n) is 4.13. The minimum Gasteiger partial charge on any atom is -0.391 e. The maximum Gasteiger partial charge on any atom is 0.321 e. The van der Waals surface area contributed by atoms with Crippen molar-refractivity contribution in [2.45, 2.75) is 43.7 Å². The standard InChI is InChI=1S/C9H13N3O2/c13-7-4-3-6(7)10-9-11-8(12-14-9)5-1-2-5/h5-7,13H,1-4H2,(H,10,11,12)/t6-,7-/m1/s1. The van der Waals surface area contributed by atoms with Gasteiger partial charge in [-0.15, -0.1) is 0 Å². The summed E-state index contributed by atoms with van der Waals surface area (Å²) in [5, 5.41) is 16.3. The predicted octanol–water partition coefficient (Wildman–Crippen LogP) is 0.882. The number of rotatable bonds is 3. The average molecular weight is 195 g/mol. The third-order valence-electron chi connectivity index (χ3n) is 2.93. The SMILES string of the molecule is O[C@@H]1CC[C@H]1Nc1nc(C2CC2)no1. The van der Waals surface area contributed by atoms with Crippen LogP contribution in [0, 0.1) is 0 Å². The number of anilines is 1. The highest BCUT2D eigenvalue weighted by Crippen LogP contribution is 2.38. The lowest BCUT2D eigenvalue weighted by atomic mass is 9.89. The van der Waals surface area contributed by atoms with Gasteiger partial charge in [0.25, 0.3) is 0 Å². The molecule has 5 heteroatoms. The first-order valence-corrected chi connectivity index (χ1v) is 5.11. The fourth-order valence-corrected chi connectivity index (χ4v) is 1.61. The van der Waals surface area contributed by atoms with Crippen molar-refractivity contribution in [3.63, 3.8) is 0 Å². The fourth-order valence-electron chi connectivity index (χ4n) is 1.61. The number of nitrogens with one attached hydrogen (secondary N) is 1. The lowest BCUT2D eigenvalue weighted by molar-refractivity contribution is 0.0771. The lowest BCUT2D eigenvalue weighted by Crippen LogP contribution is -2.42. The fraction of sp³-hybridized carbons (Fsp3) is 0.778. The van der Waals surface area contributed by atoms with Gasteiger partial charge in [-0.05, 0) is 25.7 Å². The van der Waals surface area contributed by atoms with Gasteiger partial charge in [-0.3, -0.25) is 0 Å². The van der Waals surface area contributed by atoms with Crippen LogP contribution < -0.4 is 5.32 Å². The van der Waals surface area contributed by atoms with Crippen LogP contribution in [0.3, 0.4) is 0 Å². The summed E-state index contributed by atoms with van der Waals surface area (Å²) < 4.78 is 5.04. The van der Waals surface area contributed by atoms with Gasteiger partial charge in [0, 0.05) is 5.92 Å². The monoisotopic (exact) mass is 195 g/mol. The van der Waals surface area contributed by atoms with Crippen molar-refractivity contribution < 1.29 is 9.63 Å². The van der Waals surface area contributed by atoms with Crippen molar-refractivity contribution in [2.24, 2.45) is 0 Å². The molecule has 76 valence electrons. The van der Waals surface area contributed by atoms with E-state index >= 15 is 0 Å². The van der Waals surface area contributed by atoms with Gasteiger partial charge in [-0.2, -0.15) is 4.98 Å². The molecule has 1 aromatic rings. The molecule has 0 radical (unpaired) electrons. The summed E-state index contributed by atoms with van der Waals surface area (Å²) in [6.45, 7) is 0. The van der Waals surface area contributed by atoms with E-state index in [2.05, 4.69) is 15.5 Å². The number of aromatic nitrogens is 2. The molecule has 0 amide bonds. The molecule has 1 heterocycles. The van der Waals surface area contributed by atoms with Crippen LogP contribution >= 0.6 is 0 Å². The summed E-state index contributed by atoms with van der Waals surface area (Å²) in [5.41, 5.74) is 0. The van der Waals surface area contributed by atoms with E-state index in [1.165, 1.54) is 12.8 Å². The first kappa shape index (κ1) is 8.23. The zero-order valence-corrected chi connectivity index (χ0v) is 7.81. The zero-order chi connectivity index (χ0) is 9.54. The molecule has 5 nitrogen and oxygen atoms in total. The van der Waals surface area contributed by atoms with Crippen molar-refractivity contribution in [3.8, 4) is 0 Å². The van der Waals surface area contributed by atoms with Crippen LogP contribution in [0.1, 0.15) is 37.4 Å². The molecule has 2 N–H and O–H groups in total.